The van der Waals surface area contributed by atoms with Crippen LogP contribution in [0.3, 0.4) is 0 Å². The van der Waals surface area contributed by atoms with Crippen LogP contribution in [-0.2, 0) is 32.0 Å². The van der Waals surface area contributed by atoms with Crippen LogP contribution in [0.4, 0.5) is 9.59 Å². The van der Waals surface area contributed by atoms with Crippen LogP contribution in [0.25, 0.3) is 44.8 Å². The molecule has 0 saturated carbocycles. The Morgan fingerprint density at radius 3 is 2.33 bits per heavy atom. The zero-order chi connectivity index (χ0) is 42.4. The van der Waals surface area contributed by atoms with E-state index in [1.165, 1.54) is 14.2 Å². The fourth-order valence-corrected chi connectivity index (χ4v) is 9.22. The SMILES string of the molecule is COC(=O)N[C@H]1CCc2ccn3c2C1C(=O)C[C@H](c1ncc(-c2ccc(-c4cnc5cc(-c6cnc([C@@H]7CCCN7C(=O)[C@@H](NC(=O)OC)C(C)C)[nH]6)ccc5n4)cc2)[nH]1)C3. The predicted octanol–water partition coefficient (Wildman–Crippen LogP) is 6.43. The van der Waals surface area contributed by atoms with E-state index in [0.29, 0.717) is 31.8 Å². The Balaban J connectivity index is 0.877. The van der Waals surface area contributed by atoms with E-state index in [1.54, 1.807) is 17.3 Å². The number of H-pyrrole nitrogens is 2. The number of alkyl carbamates (subject to hydrolysis) is 2. The van der Waals surface area contributed by atoms with Gasteiger partial charge in [0.15, 0.2) is 0 Å². The van der Waals surface area contributed by atoms with E-state index >= 15 is 0 Å². The third kappa shape index (κ3) is 7.62. The molecule has 3 amide bonds. The van der Waals surface area contributed by atoms with E-state index in [1.807, 2.05) is 68.7 Å². The monoisotopic (exact) mass is 824 g/mol. The third-order valence-corrected chi connectivity index (χ3v) is 12.4. The van der Waals surface area contributed by atoms with E-state index < -0.39 is 24.1 Å². The van der Waals surface area contributed by atoms with Crippen molar-refractivity contribution in [3.8, 4) is 33.8 Å². The number of carbonyl (C=O) groups is 4. The summed E-state index contributed by atoms with van der Waals surface area (Å²) >= 11 is 0. The minimum absolute atomic E-state index is 0.0872. The van der Waals surface area contributed by atoms with Crippen molar-refractivity contribution >= 4 is 34.9 Å². The molecule has 1 saturated heterocycles. The number of likely N-dealkylation sites (tertiary alicyclic amines) is 1. The number of imidazole rings is 2. The summed E-state index contributed by atoms with van der Waals surface area (Å²) in [4.78, 5) is 79.4. The number of ether oxygens (including phenoxy) is 2. The molecule has 16 heteroatoms. The summed E-state index contributed by atoms with van der Waals surface area (Å²) in [6.45, 7) is 4.98. The normalized spacial score (nSPS) is 20.3. The van der Waals surface area contributed by atoms with Crippen LogP contribution in [0.5, 0.6) is 0 Å². The number of ketones is 1. The van der Waals surface area contributed by atoms with Gasteiger partial charge < -0.3 is 39.5 Å². The largest absolute Gasteiger partial charge is 0.453 e. The van der Waals surface area contributed by atoms with Crippen molar-refractivity contribution < 1.29 is 28.7 Å². The van der Waals surface area contributed by atoms with Crippen molar-refractivity contribution in [3.63, 3.8) is 0 Å². The lowest BCUT2D eigenvalue weighted by Crippen LogP contribution is -2.51. The highest BCUT2D eigenvalue weighted by atomic mass is 16.5. The van der Waals surface area contributed by atoms with Gasteiger partial charge in [0.05, 0.1) is 72.9 Å². The Morgan fingerprint density at radius 1 is 0.836 bits per heavy atom. The van der Waals surface area contributed by atoms with Crippen molar-refractivity contribution in [1.82, 2.24) is 50.0 Å². The summed E-state index contributed by atoms with van der Waals surface area (Å²) < 4.78 is 11.8. The maximum Gasteiger partial charge on any atom is 0.407 e. The highest BCUT2D eigenvalue weighted by Gasteiger charge is 2.42. The Hall–Kier alpha value is -6.84. The second kappa shape index (κ2) is 16.3. The van der Waals surface area contributed by atoms with Crippen LogP contribution < -0.4 is 10.6 Å². The van der Waals surface area contributed by atoms with Crippen molar-refractivity contribution in [3.05, 3.63) is 96.2 Å². The zero-order valence-corrected chi connectivity index (χ0v) is 34.5. The molecule has 1 unspecified atom stereocenters. The molecule has 0 spiro atoms. The van der Waals surface area contributed by atoms with Crippen LogP contribution in [-0.4, -0.2) is 96.1 Å². The first-order valence-electron chi connectivity index (χ1n) is 20.8. The van der Waals surface area contributed by atoms with Crippen LogP contribution in [0, 0.1) is 5.92 Å². The molecule has 314 valence electrons. The molecule has 3 aliphatic rings. The van der Waals surface area contributed by atoms with Gasteiger partial charge in [-0.2, -0.15) is 0 Å². The molecule has 9 rings (SSSR count). The Morgan fingerprint density at radius 2 is 1.56 bits per heavy atom. The Labute approximate surface area is 351 Å². The molecule has 16 nitrogen and oxygen atoms in total. The second-order valence-corrected chi connectivity index (χ2v) is 16.5. The lowest BCUT2D eigenvalue weighted by Gasteiger charge is -2.31. The number of Topliss-reactive ketones (excluding diaryl/α,β-unsaturated/α-hetero) is 1. The second-order valence-electron chi connectivity index (χ2n) is 16.5. The van der Waals surface area contributed by atoms with E-state index in [9.17, 15) is 19.2 Å². The number of aryl methyl sites for hydroxylation is 1. The Bertz CT molecular complexity index is 2630. The van der Waals surface area contributed by atoms with Crippen LogP contribution >= 0.6 is 0 Å². The maximum atomic E-state index is 13.8. The minimum Gasteiger partial charge on any atom is -0.453 e. The molecule has 1 fully saturated rings. The number of nitrogens with one attached hydrogen (secondary N) is 4. The molecule has 1 aliphatic carbocycles. The zero-order valence-electron chi connectivity index (χ0n) is 34.5. The van der Waals surface area contributed by atoms with Crippen molar-refractivity contribution in [2.75, 3.05) is 20.8 Å². The fraction of sp³-hybridized carbons (Fsp3) is 0.378. The predicted molar refractivity (Wildman–Crippen MR) is 225 cm³/mol. The number of methoxy groups -OCH3 is 2. The number of hydrogen-bond acceptors (Lipinski definition) is 10. The summed E-state index contributed by atoms with van der Waals surface area (Å²) in [7, 11) is 2.62. The third-order valence-electron chi connectivity index (χ3n) is 12.4. The summed E-state index contributed by atoms with van der Waals surface area (Å²) in [5, 5.41) is 5.60. The van der Waals surface area contributed by atoms with Gasteiger partial charge in [0.25, 0.3) is 0 Å². The molecule has 2 aliphatic heterocycles. The van der Waals surface area contributed by atoms with Gasteiger partial charge in [-0.05, 0) is 60.9 Å². The van der Waals surface area contributed by atoms with Gasteiger partial charge in [0.1, 0.15) is 23.5 Å². The molecule has 6 heterocycles. The smallest absolute Gasteiger partial charge is 0.407 e. The molecule has 61 heavy (non-hydrogen) atoms. The number of aromatic nitrogens is 7. The first-order valence-corrected chi connectivity index (χ1v) is 20.8. The molecule has 4 aromatic heterocycles. The topological polar surface area (TPSA) is 202 Å². The summed E-state index contributed by atoms with van der Waals surface area (Å²) in [5.74, 6) is 0.678. The molecule has 6 aromatic rings. The minimum atomic E-state index is -0.704. The molecule has 4 N–H and O–H groups in total. The van der Waals surface area contributed by atoms with Gasteiger partial charge >= 0.3 is 12.2 Å². The van der Waals surface area contributed by atoms with Crippen molar-refractivity contribution in [1.29, 1.82) is 0 Å². The lowest BCUT2D eigenvalue weighted by atomic mass is 9.79. The highest BCUT2D eigenvalue weighted by molar-refractivity contribution is 5.89. The van der Waals surface area contributed by atoms with Gasteiger partial charge in [-0.3, -0.25) is 14.6 Å². The van der Waals surface area contributed by atoms with Crippen molar-refractivity contribution in [2.24, 2.45) is 5.92 Å². The average Bonchev–Trinajstić information content (AvgIpc) is 4.11. The summed E-state index contributed by atoms with van der Waals surface area (Å²) in [6, 6.07) is 14.8. The van der Waals surface area contributed by atoms with Gasteiger partial charge in [-0.1, -0.05) is 44.2 Å². The van der Waals surface area contributed by atoms with Gasteiger partial charge in [-0.25, -0.2) is 24.5 Å². The quantitative estimate of drug-likeness (QED) is 0.126. The number of amides is 3. The Kier molecular flexibility index (Phi) is 10.6. The summed E-state index contributed by atoms with van der Waals surface area (Å²) in [6.07, 6.45) is 9.61. The number of rotatable bonds is 9. The standard InChI is InChI=1S/C45H48N10O6/c1-24(2)39(53-45(59)61-4)43(57)55-16-5-6-36(55)42-48-22-35(51-42)28-12-13-30-32(18-28)46-20-33(49-30)25-7-9-26(10-8-25)34-21-47-41(50-34)29-19-37(56)38-31(52-44(58)60-3)14-11-27-15-17-54(23-29)40(27)38/h7-10,12-13,15,17-18,20-22,24,29,31,36,38-39H,5-6,11,14,16,19,23H2,1-4H3,(H,47,50)(H,48,51)(H,52,58)(H,53,59)/t29-,31-,36-,38?,39-/m0/s1. The van der Waals surface area contributed by atoms with Gasteiger partial charge in [0.2, 0.25) is 5.91 Å². The van der Waals surface area contributed by atoms with Gasteiger partial charge in [-0.15, -0.1) is 0 Å². The molecule has 5 atom stereocenters. The molecular weight excluding hydrogens is 777 g/mol. The number of carbonyl (C=O) groups excluding carboxylic acids is 4. The number of hydrogen-bond donors (Lipinski definition) is 4. The van der Waals surface area contributed by atoms with E-state index in [2.05, 4.69) is 36.2 Å². The highest BCUT2D eigenvalue weighted by Crippen LogP contribution is 2.40. The molecular formula is C45H48N10O6. The van der Waals surface area contributed by atoms with E-state index in [-0.39, 0.29) is 35.6 Å². The summed E-state index contributed by atoms with van der Waals surface area (Å²) in [5.41, 5.74) is 8.76. The average molecular weight is 825 g/mol. The van der Waals surface area contributed by atoms with Crippen LogP contribution in [0.2, 0.25) is 0 Å². The first kappa shape index (κ1) is 39.6. The molecule has 0 bridgehead atoms. The van der Waals surface area contributed by atoms with Crippen LogP contribution in [0.15, 0.2) is 73.3 Å². The first-order chi connectivity index (χ1) is 29.6. The van der Waals surface area contributed by atoms with E-state index in [0.717, 1.165) is 81.1 Å². The van der Waals surface area contributed by atoms with Gasteiger partial charge in [0, 0.05) is 54.5 Å². The fourth-order valence-electron chi connectivity index (χ4n) is 9.22. The number of aromatic amines is 2. The van der Waals surface area contributed by atoms with Crippen LogP contribution in [0.1, 0.15) is 80.3 Å². The number of fused-ring (bicyclic) bond motifs is 1. The van der Waals surface area contributed by atoms with E-state index in [4.69, 9.17) is 24.4 Å². The number of benzene rings is 2. The molecule has 2 aromatic carbocycles. The maximum absolute atomic E-state index is 13.8. The number of nitrogens with zero attached hydrogens (tertiary/aromatic N) is 6. The van der Waals surface area contributed by atoms with Crippen molar-refractivity contribution in [2.45, 2.75) is 82.5 Å². The lowest BCUT2D eigenvalue weighted by molar-refractivity contribution is -0.135. The molecule has 0 radical (unpaired) electrons.